The Hall–Kier alpha value is -3.59. The molecule has 1 unspecified atom stereocenters. The Labute approximate surface area is 214 Å². The van der Waals surface area contributed by atoms with E-state index in [1.54, 1.807) is 26.8 Å². The second-order valence-corrected chi connectivity index (χ2v) is 9.11. The SMILES string of the molecule is CCOC(=O)c1sc(NC(=O)c2ccc(COc3ccc(C(C)CC)cc3)o2)c(C(=O)OCC)c1C. The molecule has 3 rings (SSSR count). The average molecular weight is 514 g/mol. The number of carbonyl (C=O) groups is 3. The van der Waals surface area contributed by atoms with Crippen LogP contribution in [0.2, 0.25) is 0 Å². The largest absolute Gasteiger partial charge is 0.486 e. The van der Waals surface area contributed by atoms with E-state index in [4.69, 9.17) is 18.6 Å². The molecule has 0 spiro atoms. The number of carbonyl (C=O) groups excluding carboxylic acids is 3. The van der Waals surface area contributed by atoms with E-state index in [9.17, 15) is 14.4 Å². The summed E-state index contributed by atoms with van der Waals surface area (Å²) >= 11 is 0.957. The van der Waals surface area contributed by atoms with Gasteiger partial charge < -0.3 is 23.9 Å². The third-order valence-corrected chi connectivity index (χ3v) is 6.83. The predicted octanol–water partition coefficient (Wildman–Crippen LogP) is 6.35. The lowest BCUT2D eigenvalue weighted by Crippen LogP contribution is -2.14. The molecule has 1 atom stereocenters. The Morgan fingerprint density at radius 1 is 0.972 bits per heavy atom. The highest BCUT2D eigenvalue weighted by Crippen LogP contribution is 2.35. The van der Waals surface area contributed by atoms with Crippen LogP contribution in [0.25, 0.3) is 0 Å². The highest BCUT2D eigenvalue weighted by atomic mass is 32.1. The van der Waals surface area contributed by atoms with E-state index in [1.807, 2.05) is 24.3 Å². The molecule has 1 N–H and O–H groups in total. The zero-order chi connectivity index (χ0) is 26.2. The fourth-order valence-electron chi connectivity index (χ4n) is 3.47. The zero-order valence-corrected chi connectivity index (χ0v) is 22.0. The monoisotopic (exact) mass is 513 g/mol. The number of hydrogen-bond donors (Lipinski definition) is 1. The first-order valence-corrected chi connectivity index (χ1v) is 12.7. The number of benzene rings is 1. The molecule has 36 heavy (non-hydrogen) atoms. The molecule has 0 aliphatic carbocycles. The van der Waals surface area contributed by atoms with Gasteiger partial charge in [0.15, 0.2) is 5.76 Å². The van der Waals surface area contributed by atoms with E-state index >= 15 is 0 Å². The fourth-order valence-corrected chi connectivity index (χ4v) is 4.55. The van der Waals surface area contributed by atoms with Crippen LogP contribution in [0, 0.1) is 6.92 Å². The molecule has 0 bridgehead atoms. The number of thiophene rings is 1. The summed E-state index contributed by atoms with van der Waals surface area (Å²) in [4.78, 5) is 38.0. The van der Waals surface area contributed by atoms with Gasteiger partial charge in [0.05, 0.1) is 18.8 Å². The van der Waals surface area contributed by atoms with Gasteiger partial charge in [0, 0.05) is 0 Å². The summed E-state index contributed by atoms with van der Waals surface area (Å²) in [6.07, 6.45) is 1.06. The summed E-state index contributed by atoms with van der Waals surface area (Å²) in [5.74, 6) is -0.0863. The minimum absolute atomic E-state index is 0.0410. The van der Waals surface area contributed by atoms with Crippen LogP contribution in [-0.4, -0.2) is 31.1 Å². The van der Waals surface area contributed by atoms with Gasteiger partial charge in [-0.05, 0) is 68.5 Å². The van der Waals surface area contributed by atoms with Gasteiger partial charge >= 0.3 is 11.9 Å². The van der Waals surface area contributed by atoms with Crippen molar-refractivity contribution < 1.29 is 33.0 Å². The molecule has 0 saturated carbocycles. The molecule has 3 aromatic rings. The van der Waals surface area contributed by atoms with Gasteiger partial charge in [-0.3, -0.25) is 4.79 Å². The molecule has 0 saturated heterocycles. The molecule has 192 valence electrons. The molecule has 2 heterocycles. The Balaban J connectivity index is 1.71. The maximum absolute atomic E-state index is 12.9. The van der Waals surface area contributed by atoms with Crippen LogP contribution in [0.3, 0.4) is 0 Å². The third-order valence-electron chi connectivity index (χ3n) is 5.64. The molecule has 8 nitrogen and oxygen atoms in total. The van der Waals surface area contributed by atoms with Gasteiger partial charge in [-0.1, -0.05) is 26.0 Å². The summed E-state index contributed by atoms with van der Waals surface area (Å²) in [6, 6.07) is 11.1. The molecule has 0 aliphatic rings. The van der Waals surface area contributed by atoms with Crippen LogP contribution in [0.1, 0.15) is 87.5 Å². The number of amides is 1. The number of furan rings is 1. The Morgan fingerprint density at radius 2 is 1.64 bits per heavy atom. The first-order valence-electron chi connectivity index (χ1n) is 11.9. The first-order chi connectivity index (χ1) is 17.3. The second-order valence-electron chi connectivity index (χ2n) is 8.09. The van der Waals surface area contributed by atoms with Crippen molar-refractivity contribution >= 4 is 34.2 Å². The van der Waals surface area contributed by atoms with Crippen molar-refractivity contribution in [2.75, 3.05) is 18.5 Å². The zero-order valence-electron chi connectivity index (χ0n) is 21.1. The Bertz CT molecular complexity index is 1210. The standard InChI is InChI=1S/C27H31NO7S/c1-6-16(4)18-9-11-19(12-10-18)34-15-20-13-14-21(35-20)24(29)28-25-22(26(30)32-7-2)17(5)23(36-25)27(31)33-8-3/h9-14,16H,6-8,15H2,1-5H3,(H,28,29). The molecular formula is C27H31NO7S. The van der Waals surface area contributed by atoms with Gasteiger partial charge in [-0.25, -0.2) is 9.59 Å². The van der Waals surface area contributed by atoms with Crippen molar-refractivity contribution in [3.8, 4) is 5.75 Å². The van der Waals surface area contributed by atoms with Crippen LogP contribution in [0.4, 0.5) is 5.00 Å². The second kappa shape index (κ2) is 12.4. The van der Waals surface area contributed by atoms with Crippen LogP contribution in [0.15, 0.2) is 40.8 Å². The highest BCUT2D eigenvalue weighted by Gasteiger charge is 2.28. The van der Waals surface area contributed by atoms with Crippen molar-refractivity contribution in [2.24, 2.45) is 0 Å². The van der Waals surface area contributed by atoms with Gasteiger partial charge in [0.25, 0.3) is 5.91 Å². The smallest absolute Gasteiger partial charge is 0.348 e. The summed E-state index contributed by atoms with van der Waals surface area (Å²) in [5.41, 5.74) is 1.76. The number of nitrogens with one attached hydrogen (secondary N) is 1. The van der Waals surface area contributed by atoms with E-state index in [1.165, 1.54) is 11.6 Å². The number of anilines is 1. The van der Waals surface area contributed by atoms with Crippen LogP contribution in [0.5, 0.6) is 5.75 Å². The number of ether oxygens (including phenoxy) is 3. The van der Waals surface area contributed by atoms with Crippen LogP contribution in [-0.2, 0) is 16.1 Å². The van der Waals surface area contributed by atoms with Gasteiger partial charge in [0.1, 0.15) is 28.0 Å². The van der Waals surface area contributed by atoms with Gasteiger partial charge in [-0.2, -0.15) is 0 Å². The third kappa shape index (κ3) is 6.34. The van der Waals surface area contributed by atoms with E-state index in [0.717, 1.165) is 17.8 Å². The summed E-state index contributed by atoms with van der Waals surface area (Å²) in [6.45, 7) is 9.79. The lowest BCUT2D eigenvalue weighted by atomic mass is 9.99. The van der Waals surface area contributed by atoms with E-state index in [2.05, 4.69) is 19.2 Å². The van der Waals surface area contributed by atoms with Crippen molar-refractivity contribution in [1.29, 1.82) is 0 Å². The molecular weight excluding hydrogens is 482 g/mol. The number of rotatable bonds is 11. The first kappa shape index (κ1) is 27.0. The number of hydrogen-bond acceptors (Lipinski definition) is 8. The van der Waals surface area contributed by atoms with Crippen LogP contribution < -0.4 is 10.1 Å². The lowest BCUT2D eigenvalue weighted by molar-refractivity contribution is 0.0527. The van der Waals surface area contributed by atoms with E-state index in [0.29, 0.717) is 23.0 Å². The van der Waals surface area contributed by atoms with Crippen molar-refractivity contribution in [3.63, 3.8) is 0 Å². The number of esters is 2. The molecule has 2 aromatic heterocycles. The highest BCUT2D eigenvalue weighted by molar-refractivity contribution is 7.18. The maximum Gasteiger partial charge on any atom is 0.348 e. The van der Waals surface area contributed by atoms with Crippen molar-refractivity contribution in [2.45, 2.75) is 53.6 Å². The fraction of sp³-hybridized carbons (Fsp3) is 0.370. The van der Waals surface area contributed by atoms with E-state index < -0.39 is 17.8 Å². The molecule has 0 radical (unpaired) electrons. The molecule has 0 aliphatic heterocycles. The van der Waals surface area contributed by atoms with Crippen LogP contribution >= 0.6 is 11.3 Å². The Kier molecular flexibility index (Phi) is 9.30. The molecule has 9 heteroatoms. The molecule has 1 aromatic carbocycles. The molecule has 0 fully saturated rings. The minimum Gasteiger partial charge on any atom is -0.486 e. The normalized spacial score (nSPS) is 11.6. The quantitative estimate of drug-likeness (QED) is 0.298. The summed E-state index contributed by atoms with van der Waals surface area (Å²) < 4.78 is 21.6. The maximum atomic E-state index is 12.9. The molecule has 1 amide bonds. The topological polar surface area (TPSA) is 104 Å². The van der Waals surface area contributed by atoms with E-state index in [-0.39, 0.29) is 41.0 Å². The summed E-state index contributed by atoms with van der Waals surface area (Å²) in [7, 11) is 0. The average Bonchev–Trinajstić information content (AvgIpc) is 3.47. The minimum atomic E-state index is -0.634. The van der Waals surface area contributed by atoms with Crippen molar-refractivity contribution in [1.82, 2.24) is 0 Å². The van der Waals surface area contributed by atoms with Gasteiger partial charge in [0.2, 0.25) is 0 Å². The predicted molar refractivity (Wildman–Crippen MR) is 137 cm³/mol. The Morgan fingerprint density at radius 3 is 2.28 bits per heavy atom. The summed E-state index contributed by atoms with van der Waals surface area (Å²) in [5, 5.41) is 2.86. The van der Waals surface area contributed by atoms with Gasteiger partial charge in [-0.15, -0.1) is 11.3 Å². The van der Waals surface area contributed by atoms with Crippen molar-refractivity contribution in [3.05, 3.63) is 69.5 Å². The lowest BCUT2D eigenvalue weighted by Gasteiger charge is -2.10.